The molecule has 0 spiro atoms. The zero-order valence-electron chi connectivity index (χ0n) is 17.4. The van der Waals surface area contributed by atoms with E-state index in [1.54, 1.807) is 0 Å². The molecule has 9 nitrogen and oxygen atoms in total. The first-order valence-electron chi connectivity index (χ1n) is 9.74. The van der Waals surface area contributed by atoms with Gasteiger partial charge in [0.15, 0.2) is 5.84 Å². The highest BCUT2D eigenvalue weighted by atomic mass is 16.7. The number of carboxylic acids is 2. The largest absolute Gasteiger partial charge is 0.473 e. The Morgan fingerprint density at radius 3 is 2.52 bits per heavy atom. The summed E-state index contributed by atoms with van der Waals surface area (Å²) >= 11 is 0. The zero-order valence-corrected chi connectivity index (χ0v) is 17.4. The zero-order chi connectivity index (χ0) is 22.4. The van der Waals surface area contributed by atoms with E-state index in [9.17, 15) is 0 Å². The summed E-state index contributed by atoms with van der Waals surface area (Å²) in [6.45, 7) is 4.71. The van der Waals surface area contributed by atoms with Crippen LogP contribution in [-0.4, -0.2) is 60.5 Å². The van der Waals surface area contributed by atoms with Crippen LogP contribution in [0, 0.1) is 6.92 Å². The van der Waals surface area contributed by atoms with Gasteiger partial charge in [-0.05, 0) is 30.2 Å². The van der Waals surface area contributed by atoms with Gasteiger partial charge in [0.25, 0.3) is 5.79 Å². The summed E-state index contributed by atoms with van der Waals surface area (Å²) in [6, 6.07) is 16.4. The molecule has 0 radical (unpaired) electrons. The molecule has 9 heteroatoms. The topological polar surface area (TPSA) is 121 Å². The van der Waals surface area contributed by atoms with Crippen LogP contribution >= 0.6 is 0 Å². The van der Waals surface area contributed by atoms with Gasteiger partial charge in [-0.3, -0.25) is 4.99 Å². The third-order valence-electron chi connectivity index (χ3n) is 4.78. The molecule has 0 aliphatic carbocycles. The van der Waals surface area contributed by atoms with Gasteiger partial charge >= 0.3 is 11.9 Å². The van der Waals surface area contributed by atoms with Gasteiger partial charge in [-0.25, -0.2) is 9.59 Å². The van der Waals surface area contributed by atoms with Crippen molar-refractivity contribution in [1.29, 1.82) is 0 Å². The number of ether oxygens (including phenoxy) is 2. The van der Waals surface area contributed by atoms with Crippen molar-refractivity contribution < 1.29 is 29.3 Å². The standard InChI is InChI=1S/C20H23N3O2.C2H2O4/c1-15-8-9-18-17(12-15)23(2)14-20(25-18,19-21-10-11-22-19)24-13-16-6-4-3-5-7-16;3-1(4)2(5)6/h3-9,12H,10-11,13-14H2,1-2H3,(H,21,22);(H,3,4)(H,5,6). The summed E-state index contributed by atoms with van der Waals surface area (Å²) < 4.78 is 12.7. The third kappa shape index (κ3) is 5.32. The lowest BCUT2D eigenvalue weighted by Crippen LogP contribution is -2.60. The minimum absolute atomic E-state index is 0.469. The average Bonchev–Trinajstić information content (AvgIpc) is 3.30. The summed E-state index contributed by atoms with van der Waals surface area (Å²) in [5.41, 5.74) is 3.40. The molecular formula is C22H25N3O6. The van der Waals surface area contributed by atoms with Gasteiger partial charge in [0.1, 0.15) is 5.75 Å². The minimum Gasteiger partial charge on any atom is -0.473 e. The molecule has 164 valence electrons. The second-order valence-corrected chi connectivity index (χ2v) is 7.22. The van der Waals surface area contributed by atoms with Crippen LogP contribution in [0.5, 0.6) is 5.75 Å². The van der Waals surface area contributed by atoms with Gasteiger partial charge in [-0.15, -0.1) is 0 Å². The van der Waals surface area contributed by atoms with Gasteiger partial charge in [-0.2, -0.15) is 0 Å². The number of anilines is 1. The molecule has 2 aromatic rings. The van der Waals surface area contributed by atoms with Crippen LogP contribution in [0.2, 0.25) is 0 Å². The third-order valence-corrected chi connectivity index (χ3v) is 4.78. The van der Waals surface area contributed by atoms with Crippen molar-refractivity contribution >= 4 is 23.5 Å². The van der Waals surface area contributed by atoms with Crippen LogP contribution in [0.15, 0.2) is 53.5 Å². The number of likely N-dealkylation sites (N-methyl/N-ethyl adjacent to an activating group) is 1. The lowest BCUT2D eigenvalue weighted by atomic mass is 10.1. The first-order chi connectivity index (χ1) is 14.8. The molecular weight excluding hydrogens is 402 g/mol. The first kappa shape index (κ1) is 22.1. The van der Waals surface area contributed by atoms with Crippen molar-refractivity contribution in [2.45, 2.75) is 19.3 Å². The van der Waals surface area contributed by atoms with E-state index in [1.165, 1.54) is 5.56 Å². The molecule has 1 atom stereocenters. The average molecular weight is 427 g/mol. The number of rotatable bonds is 4. The van der Waals surface area contributed by atoms with Crippen LogP contribution < -0.4 is 15.0 Å². The number of nitrogens with one attached hydrogen (secondary N) is 1. The molecule has 2 aromatic carbocycles. The Hall–Kier alpha value is -3.59. The molecule has 0 fully saturated rings. The molecule has 0 saturated heterocycles. The highest BCUT2D eigenvalue weighted by Crippen LogP contribution is 2.38. The maximum absolute atomic E-state index is 9.10. The molecule has 1 unspecified atom stereocenters. The van der Waals surface area contributed by atoms with Crippen molar-refractivity contribution in [2.75, 3.05) is 31.6 Å². The van der Waals surface area contributed by atoms with Crippen molar-refractivity contribution in [1.82, 2.24) is 5.32 Å². The van der Waals surface area contributed by atoms with Crippen LogP contribution in [0.25, 0.3) is 0 Å². The summed E-state index contributed by atoms with van der Waals surface area (Å²) in [6.07, 6.45) is 0. The number of aliphatic carboxylic acids is 2. The second-order valence-electron chi connectivity index (χ2n) is 7.22. The van der Waals surface area contributed by atoms with E-state index in [-0.39, 0.29) is 0 Å². The Balaban J connectivity index is 0.000000401. The number of aryl methyl sites for hydroxylation is 1. The summed E-state index contributed by atoms with van der Waals surface area (Å²) in [4.78, 5) is 25.0. The molecule has 4 rings (SSSR count). The maximum atomic E-state index is 9.10. The van der Waals surface area contributed by atoms with Crippen LogP contribution in [0.3, 0.4) is 0 Å². The van der Waals surface area contributed by atoms with Gasteiger partial charge in [0, 0.05) is 13.6 Å². The lowest BCUT2D eigenvalue weighted by Gasteiger charge is -2.42. The Bertz CT molecular complexity index is 966. The Morgan fingerprint density at radius 1 is 1.19 bits per heavy atom. The van der Waals surface area contributed by atoms with Gasteiger partial charge in [-0.1, -0.05) is 36.4 Å². The highest BCUT2D eigenvalue weighted by molar-refractivity contribution is 6.27. The normalized spacial score (nSPS) is 19.2. The summed E-state index contributed by atoms with van der Waals surface area (Å²) in [5, 5.41) is 18.1. The first-order valence-corrected chi connectivity index (χ1v) is 9.74. The predicted molar refractivity (Wildman–Crippen MR) is 115 cm³/mol. The molecule has 2 aliphatic rings. The number of carbonyl (C=O) groups is 2. The molecule has 0 amide bonds. The monoisotopic (exact) mass is 427 g/mol. The number of amidine groups is 1. The fourth-order valence-electron chi connectivity index (χ4n) is 3.31. The number of hydrogen-bond acceptors (Lipinski definition) is 7. The van der Waals surface area contributed by atoms with E-state index in [1.807, 2.05) is 24.3 Å². The van der Waals surface area contributed by atoms with Crippen LogP contribution in [-0.2, 0) is 20.9 Å². The van der Waals surface area contributed by atoms with Gasteiger partial charge < -0.3 is 29.9 Å². The Labute approximate surface area is 179 Å². The molecule has 3 N–H and O–H groups in total. The van der Waals surface area contributed by atoms with E-state index in [0.717, 1.165) is 35.9 Å². The Kier molecular flexibility index (Phi) is 6.76. The number of nitrogens with zero attached hydrogens (tertiary/aromatic N) is 2. The summed E-state index contributed by atoms with van der Waals surface area (Å²) in [5.74, 6) is -2.96. The number of aliphatic imine (C=N–C) groups is 1. The number of benzene rings is 2. The van der Waals surface area contributed by atoms with Gasteiger partial charge in [0.05, 0.1) is 25.4 Å². The van der Waals surface area contributed by atoms with E-state index in [2.05, 4.69) is 53.4 Å². The predicted octanol–water partition coefficient (Wildman–Crippen LogP) is 1.89. The fraction of sp³-hybridized carbons (Fsp3) is 0.318. The Morgan fingerprint density at radius 2 is 1.90 bits per heavy atom. The number of hydrogen-bond donors (Lipinski definition) is 3. The molecule has 0 saturated carbocycles. The van der Waals surface area contributed by atoms with Crippen molar-refractivity contribution in [2.24, 2.45) is 4.99 Å². The van der Waals surface area contributed by atoms with Crippen LogP contribution in [0.1, 0.15) is 11.1 Å². The van der Waals surface area contributed by atoms with E-state index < -0.39 is 17.7 Å². The minimum atomic E-state index is -1.82. The number of fused-ring (bicyclic) bond motifs is 1. The van der Waals surface area contributed by atoms with Gasteiger partial charge in [0.2, 0.25) is 0 Å². The fourth-order valence-corrected chi connectivity index (χ4v) is 3.31. The molecule has 0 bridgehead atoms. The lowest BCUT2D eigenvalue weighted by molar-refractivity contribution is -0.159. The maximum Gasteiger partial charge on any atom is 0.414 e. The smallest absolute Gasteiger partial charge is 0.414 e. The van der Waals surface area contributed by atoms with Crippen molar-refractivity contribution in [3.63, 3.8) is 0 Å². The van der Waals surface area contributed by atoms with E-state index >= 15 is 0 Å². The highest BCUT2D eigenvalue weighted by Gasteiger charge is 2.46. The molecule has 2 aliphatic heterocycles. The quantitative estimate of drug-likeness (QED) is 0.633. The SMILES string of the molecule is Cc1ccc2c(c1)N(C)CC(OCc1ccccc1)(C1=NCCN1)O2.O=C(O)C(=O)O. The second kappa shape index (κ2) is 9.48. The number of carboxylic acid groups (broad SMARTS) is 2. The van der Waals surface area contributed by atoms with Crippen LogP contribution in [0.4, 0.5) is 5.69 Å². The van der Waals surface area contributed by atoms with Crippen molar-refractivity contribution in [3.8, 4) is 5.75 Å². The molecule has 31 heavy (non-hydrogen) atoms. The summed E-state index contributed by atoms with van der Waals surface area (Å²) in [7, 11) is 2.07. The molecule has 0 aromatic heterocycles. The van der Waals surface area contributed by atoms with E-state index in [4.69, 9.17) is 29.3 Å². The van der Waals surface area contributed by atoms with Crippen molar-refractivity contribution in [3.05, 3.63) is 59.7 Å². The van der Waals surface area contributed by atoms with E-state index in [0.29, 0.717) is 13.2 Å². The molecule has 2 heterocycles.